The molecule has 2 aromatic rings. The molecular weight excluding hydrogens is 285 g/mol. The van der Waals surface area contributed by atoms with E-state index in [1.54, 1.807) is 18.2 Å². The van der Waals surface area contributed by atoms with Gasteiger partial charge in [-0.3, -0.25) is 0 Å². The van der Waals surface area contributed by atoms with Crippen molar-refractivity contribution in [3.63, 3.8) is 0 Å². The molecule has 0 heterocycles. The zero-order chi connectivity index (χ0) is 15.9. The molecule has 6 heteroatoms. The molecule has 0 saturated heterocycles. The molecule has 22 heavy (non-hydrogen) atoms. The molecule has 5 N–H and O–H groups in total. The summed E-state index contributed by atoms with van der Waals surface area (Å²) in [6, 6.07) is 11.8. The predicted molar refractivity (Wildman–Crippen MR) is 84.3 cm³/mol. The lowest BCUT2D eigenvalue weighted by Gasteiger charge is -2.11. The lowest BCUT2D eigenvalue weighted by Crippen LogP contribution is -2.23. The number of halogens is 1. The zero-order valence-electron chi connectivity index (χ0n) is 12.0. The highest BCUT2D eigenvalue weighted by Crippen LogP contribution is 2.19. The van der Waals surface area contributed by atoms with Gasteiger partial charge >= 0.3 is 6.09 Å². The summed E-state index contributed by atoms with van der Waals surface area (Å²) in [6.07, 6.45) is -0.507. The quantitative estimate of drug-likeness (QED) is 0.618. The van der Waals surface area contributed by atoms with Crippen molar-refractivity contribution in [2.45, 2.75) is 13.0 Å². The van der Waals surface area contributed by atoms with Crippen molar-refractivity contribution in [1.29, 1.82) is 0 Å². The number of nitrogens with two attached hydrogens (primary N) is 1. The highest BCUT2D eigenvalue weighted by Gasteiger charge is 2.03. The van der Waals surface area contributed by atoms with Crippen LogP contribution >= 0.6 is 0 Å². The molecule has 0 aliphatic heterocycles. The summed E-state index contributed by atoms with van der Waals surface area (Å²) in [4.78, 5) is 10.4. The minimum atomic E-state index is -1.05. The van der Waals surface area contributed by atoms with E-state index in [4.69, 9.17) is 10.8 Å². The van der Waals surface area contributed by atoms with Gasteiger partial charge in [0.1, 0.15) is 5.82 Å². The molecular formula is C16H18FN3O2. The molecule has 0 aromatic heterocycles. The van der Waals surface area contributed by atoms with E-state index in [1.807, 2.05) is 12.1 Å². The summed E-state index contributed by atoms with van der Waals surface area (Å²) in [7, 11) is 0. The van der Waals surface area contributed by atoms with Crippen LogP contribution in [0.3, 0.4) is 0 Å². The van der Waals surface area contributed by atoms with Gasteiger partial charge in [-0.1, -0.05) is 18.2 Å². The normalized spacial score (nSPS) is 10.2. The number of anilines is 2. The highest BCUT2D eigenvalue weighted by atomic mass is 19.1. The van der Waals surface area contributed by atoms with Crippen molar-refractivity contribution >= 4 is 17.5 Å². The second-order valence-corrected chi connectivity index (χ2v) is 4.88. The Morgan fingerprint density at radius 3 is 2.55 bits per heavy atom. The molecule has 2 aromatic carbocycles. The summed E-state index contributed by atoms with van der Waals surface area (Å²) in [5.74, 6) is -0.257. The molecule has 0 spiro atoms. The van der Waals surface area contributed by atoms with Gasteiger partial charge in [-0.25, -0.2) is 9.18 Å². The fourth-order valence-corrected chi connectivity index (χ4v) is 2.04. The summed E-state index contributed by atoms with van der Waals surface area (Å²) in [5, 5.41) is 14.0. The first-order valence-corrected chi connectivity index (χ1v) is 6.88. The summed E-state index contributed by atoms with van der Waals surface area (Å²) < 4.78 is 12.8. The molecule has 0 radical (unpaired) electrons. The summed E-state index contributed by atoms with van der Waals surface area (Å²) in [5.41, 5.74) is 9.29. The Morgan fingerprint density at radius 1 is 1.18 bits per heavy atom. The molecule has 0 saturated carbocycles. The van der Waals surface area contributed by atoms with Gasteiger partial charge in [0, 0.05) is 24.5 Å². The SMILES string of the molecule is Nc1cc(NCc2ccc(F)cc2)ccc1CCNC(=O)O. The average molecular weight is 303 g/mol. The van der Waals surface area contributed by atoms with Crippen molar-refractivity contribution in [2.24, 2.45) is 0 Å². The second-order valence-electron chi connectivity index (χ2n) is 4.88. The second kappa shape index (κ2) is 7.31. The van der Waals surface area contributed by atoms with Crippen molar-refractivity contribution in [3.05, 3.63) is 59.4 Å². The Morgan fingerprint density at radius 2 is 1.91 bits per heavy atom. The number of benzene rings is 2. The Hall–Kier alpha value is -2.76. The van der Waals surface area contributed by atoms with E-state index < -0.39 is 6.09 Å². The van der Waals surface area contributed by atoms with Crippen molar-refractivity contribution in [1.82, 2.24) is 5.32 Å². The van der Waals surface area contributed by atoms with Gasteiger partial charge < -0.3 is 21.5 Å². The van der Waals surface area contributed by atoms with Crippen LogP contribution in [0.1, 0.15) is 11.1 Å². The molecule has 1 amide bonds. The van der Waals surface area contributed by atoms with Gasteiger partial charge in [-0.15, -0.1) is 0 Å². The van der Waals surface area contributed by atoms with E-state index in [0.29, 0.717) is 25.2 Å². The number of nitrogen functional groups attached to an aromatic ring is 1. The number of nitrogens with one attached hydrogen (secondary N) is 2. The fourth-order valence-electron chi connectivity index (χ4n) is 2.04. The minimum Gasteiger partial charge on any atom is -0.465 e. The number of amides is 1. The van der Waals surface area contributed by atoms with E-state index in [-0.39, 0.29) is 5.82 Å². The van der Waals surface area contributed by atoms with Gasteiger partial charge in [0.2, 0.25) is 0 Å². The van der Waals surface area contributed by atoms with Crippen LogP contribution in [-0.2, 0) is 13.0 Å². The van der Waals surface area contributed by atoms with Gasteiger partial charge in [0.25, 0.3) is 0 Å². The lowest BCUT2D eigenvalue weighted by atomic mass is 10.1. The number of carbonyl (C=O) groups is 1. The Balaban J connectivity index is 1.91. The molecule has 116 valence electrons. The third-order valence-electron chi connectivity index (χ3n) is 3.23. The average Bonchev–Trinajstić information content (AvgIpc) is 2.48. The fraction of sp³-hybridized carbons (Fsp3) is 0.188. The first-order valence-electron chi connectivity index (χ1n) is 6.88. The number of carboxylic acid groups (broad SMARTS) is 1. The van der Waals surface area contributed by atoms with Crippen LogP contribution in [0.4, 0.5) is 20.6 Å². The number of hydrogen-bond acceptors (Lipinski definition) is 3. The maximum Gasteiger partial charge on any atom is 0.404 e. The molecule has 0 aliphatic rings. The van der Waals surface area contributed by atoms with Crippen LogP contribution < -0.4 is 16.4 Å². The summed E-state index contributed by atoms with van der Waals surface area (Å²) in [6.45, 7) is 0.890. The molecule has 0 fully saturated rings. The van der Waals surface area contributed by atoms with Crippen LogP contribution in [0.15, 0.2) is 42.5 Å². The highest BCUT2D eigenvalue weighted by molar-refractivity contribution is 5.64. The van der Waals surface area contributed by atoms with Gasteiger partial charge in [-0.2, -0.15) is 0 Å². The molecule has 0 unspecified atom stereocenters. The van der Waals surface area contributed by atoms with Crippen LogP contribution in [-0.4, -0.2) is 17.7 Å². The molecule has 0 aliphatic carbocycles. The predicted octanol–water partition coefficient (Wildman–Crippen LogP) is 2.83. The Bertz CT molecular complexity index is 644. The van der Waals surface area contributed by atoms with Crippen LogP contribution in [0.5, 0.6) is 0 Å². The maximum absolute atomic E-state index is 12.8. The van der Waals surface area contributed by atoms with Crippen molar-refractivity contribution < 1.29 is 14.3 Å². The van der Waals surface area contributed by atoms with E-state index in [1.165, 1.54) is 12.1 Å². The van der Waals surface area contributed by atoms with Crippen LogP contribution in [0.25, 0.3) is 0 Å². The molecule has 0 bridgehead atoms. The van der Waals surface area contributed by atoms with Crippen LogP contribution in [0, 0.1) is 5.82 Å². The molecule has 5 nitrogen and oxygen atoms in total. The standard InChI is InChI=1S/C16H18FN3O2/c17-13-4-1-11(2-5-13)10-20-14-6-3-12(15(18)9-14)7-8-19-16(21)22/h1-6,9,19-20H,7-8,10,18H2,(H,21,22). The van der Waals surface area contributed by atoms with E-state index in [0.717, 1.165) is 16.8 Å². The van der Waals surface area contributed by atoms with E-state index in [9.17, 15) is 9.18 Å². The third-order valence-corrected chi connectivity index (χ3v) is 3.23. The first-order chi connectivity index (χ1) is 10.5. The Kier molecular flexibility index (Phi) is 5.19. The smallest absolute Gasteiger partial charge is 0.404 e. The summed E-state index contributed by atoms with van der Waals surface area (Å²) >= 11 is 0. The molecule has 2 rings (SSSR count). The number of rotatable bonds is 6. The van der Waals surface area contributed by atoms with Gasteiger partial charge in [-0.05, 0) is 41.8 Å². The Labute approximate surface area is 128 Å². The van der Waals surface area contributed by atoms with E-state index >= 15 is 0 Å². The van der Waals surface area contributed by atoms with Crippen molar-refractivity contribution in [2.75, 3.05) is 17.6 Å². The van der Waals surface area contributed by atoms with Gasteiger partial charge in [0.05, 0.1) is 0 Å². The largest absolute Gasteiger partial charge is 0.465 e. The van der Waals surface area contributed by atoms with E-state index in [2.05, 4.69) is 10.6 Å². The van der Waals surface area contributed by atoms with Crippen molar-refractivity contribution in [3.8, 4) is 0 Å². The zero-order valence-corrected chi connectivity index (χ0v) is 12.0. The first kappa shape index (κ1) is 15.6. The van der Waals surface area contributed by atoms with Crippen LogP contribution in [0.2, 0.25) is 0 Å². The van der Waals surface area contributed by atoms with Gasteiger partial charge in [0.15, 0.2) is 0 Å². The monoisotopic (exact) mass is 303 g/mol. The number of hydrogen-bond donors (Lipinski definition) is 4. The lowest BCUT2D eigenvalue weighted by molar-refractivity contribution is 0.194. The molecule has 0 atom stereocenters. The third kappa shape index (κ3) is 4.66. The minimum absolute atomic E-state index is 0.257. The maximum atomic E-state index is 12.8. The topological polar surface area (TPSA) is 87.4 Å².